The molecule has 1 N–H and O–H groups in total. The molecule has 1 amide bonds. The van der Waals surface area contributed by atoms with E-state index in [1.807, 2.05) is 0 Å². The minimum Gasteiger partial charge on any atom is -0.329 e. The van der Waals surface area contributed by atoms with Crippen molar-refractivity contribution in [1.82, 2.24) is 10.2 Å². The van der Waals surface area contributed by atoms with Crippen molar-refractivity contribution in [3.05, 3.63) is 75.3 Å². The summed E-state index contributed by atoms with van der Waals surface area (Å²) in [6.07, 6.45) is 0.972. The fourth-order valence-corrected chi connectivity index (χ4v) is 3.14. The van der Waals surface area contributed by atoms with Crippen molar-refractivity contribution in [2.24, 2.45) is 0 Å². The Hall–Kier alpha value is -2.73. The molecule has 130 valence electrons. The molecule has 2 aromatic carbocycles. The molecule has 1 heterocycles. The van der Waals surface area contributed by atoms with E-state index in [0.29, 0.717) is 25.2 Å². The Labute approximate surface area is 146 Å². The summed E-state index contributed by atoms with van der Waals surface area (Å²) < 4.78 is 0. The van der Waals surface area contributed by atoms with Crippen LogP contribution in [0.2, 0.25) is 0 Å². The number of nitrogens with zero attached hydrogens (tertiary/aromatic N) is 2. The van der Waals surface area contributed by atoms with Gasteiger partial charge in [0.15, 0.2) is 0 Å². The summed E-state index contributed by atoms with van der Waals surface area (Å²) in [5.41, 5.74) is 2.61. The van der Waals surface area contributed by atoms with Gasteiger partial charge in [-0.05, 0) is 23.6 Å². The number of piperazine rings is 1. The molecule has 1 aliphatic rings. The number of nitro benzene ring substituents is 1. The molecule has 2 aromatic rings. The second-order valence-electron chi connectivity index (χ2n) is 6.12. The quantitative estimate of drug-likeness (QED) is 0.686. The highest BCUT2D eigenvalue weighted by molar-refractivity contribution is 5.95. The molecule has 6 heteroatoms. The standard InChI is InChI=1S/C19H21N3O3/c1-2-14-6-8-15(9-7-14)18-13-20-10-11-21(18)19(23)16-4-3-5-17(12-16)22(24)25/h3-9,12,18,20H,2,10-11,13H2,1H3. The molecule has 0 bridgehead atoms. The largest absolute Gasteiger partial charge is 0.329 e. The van der Waals surface area contributed by atoms with Gasteiger partial charge in [0.2, 0.25) is 0 Å². The predicted octanol–water partition coefficient (Wildman–Crippen LogP) is 2.94. The molecular weight excluding hydrogens is 318 g/mol. The minimum atomic E-state index is -0.477. The second kappa shape index (κ2) is 7.44. The summed E-state index contributed by atoms with van der Waals surface area (Å²) in [7, 11) is 0. The van der Waals surface area contributed by atoms with Crippen molar-refractivity contribution in [3.8, 4) is 0 Å². The second-order valence-corrected chi connectivity index (χ2v) is 6.12. The van der Waals surface area contributed by atoms with E-state index in [9.17, 15) is 14.9 Å². The smallest absolute Gasteiger partial charge is 0.270 e. The van der Waals surface area contributed by atoms with Gasteiger partial charge in [-0.1, -0.05) is 37.3 Å². The minimum absolute atomic E-state index is 0.0650. The van der Waals surface area contributed by atoms with Crippen LogP contribution < -0.4 is 5.32 Å². The predicted molar refractivity (Wildman–Crippen MR) is 95.6 cm³/mol. The van der Waals surface area contributed by atoms with Crippen LogP contribution in [0.3, 0.4) is 0 Å². The highest BCUT2D eigenvalue weighted by atomic mass is 16.6. The number of amides is 1. The van der Waals surface area contributed by atoms with Crippen molar-refractivity contribution in [1.29, 1.82) is 0 Å². The Morgan fingerprint density at radius 2 is 2.04 bits per heavy atom. The summed E-state index contributed by atoms with van der Waals surface area (Å²) in [5.74, 6) is -0.172. The maximum Gasteiger partial charge on any atom is 0.270 e. The zero-order valence-electron chi connectivity index (χ0n) is 14.1. The Bertz CT molecular complexity index is 774. The van der Waals surface area contributed by atoms with Gasteiger partial charge in [-0.3, -0.25) is 14.9 Å². The molecular formula is C19H21N3O3. The molecule has 1 fully saturated rings. The van der Waals surface area contributed by atoms with Gasteiger partial charge < -0.3 is 10.2 Å². The number of non-ortho nitro benzene ring substituents is 1. The van der Waals surface area contributed by atoms with Crippen molar-refractivity contribution in [2.75, 3.05) is 19.6 Å². The Kier molecular flexibility index (Phi) is 5.09. The lowest BCUT2D eigenvalue weighted by Crippen LogP contribution is -2.48. The monoisotopic (exact) mass is 339 g/mol. The zero-order chi connectivity index (χ0) is 17.8. The number of hydrogen-bond donors (Lipinski definition) is 1. The summed E-state index contributed by atoms with van der Waals surface area (Å²) >= 11 is 0. The molecule has 0 aliphatic carbocycles. The van der Waals surface area contributed by atoms with Crippen LogP contribution in [0.4, 0.5) is 5.69 Å². The maximum absolute atomic E-state index is 13.0. The van der Waals surface area contributed by atoms with Crippen molar-refractivity contribution in [3.63, 3.8) is 0 Å². The van der Waals surface area contributed by atoms with Gasteiger partial charge in [0.05, 0.1) is 11.0 Å². The molecule has 1 unspecified atom stereocenters. The average Bonchev–Trinajstić information content (AvgIpc) is 2.67. The molecule has 0 aromatic heterocycles. The number of nitrogens with one attached hydrogen (secondary N) is 1. The number of benzene rings is 2. The number of aryl methyl sites for hydroxylation is 1. The summed E-state index contributed by atoms with van der Waals surface area (Å²) in [6.45, 7) is 4.06. The van der Waals surface area contributed by atoms with E-state index in [1.165, 1.54) is 17.7 Å². The van der Waals surface area contributed by atoms with Crippen LogP contribution in [0.25, 0.3) is 0 Å². The van der Waals surface area contributed by atoms with E-state index in [4.69, 9.17) is 0 Å². The molecule has 0 saturated carbocycles. The third-order valence-corrected chi connectivity index (χ3v) is 4.58. The van der Waals surface area contributed by atoms with E-state index in [-0.39, 0.29) is 17.6 Å². The average molecular weight is 339 g/mol. The number of rotatable bonds is 4. The summed E-state index contributed by atoms with van der Waals surface area (Å²) in [6, 6.07) is 14.1. The van der Waals surface area contributed by atoms with Gasteiger partial charge in [0.25, 0.3) is 11.6 Å². The molecule has 0 spiro atoms. The topological polar surface area (TPSA) is 75.5 Å². The number of nitro groups is 1. The third-order valence-electron chi connectivity index (χ3n) is 4.58. The lowest BCUT2D eigenvalue weighted by Gasteiger charge is -2.36. The van der Waals surface area contributed by atoms with E-state index < -0.39 is 4.92 Å². The Morgan fingerprint density at radius 1 is 1.28 bits per heavy atom. The SMILES string of the molecule is CCc1ccc(C2CNCCN2C(=O)c2cccc([N+](=O)[O-])c2)cc1. The van der Waals surface area contributed by atoms with Gasteiger partial charge in [-0.2, -0.15) is 0 Å². The van der Waals surface area contributed by atoms with Crippen LogP contribution in [0.5, 0.6) is 0 Å². The maximum atomic E-state index is 13.0. The van der Waals surface area contributed by atoms with Crippen LogP contribution in [-0.2, 0) is 6.42 Å². The number of carbonyl (C=O) groups excluding carboxylic acids is 1. The first-order chi connectivity index (χ1) is 12.1. The van der Waals surface area contributed by atoms with Crippen LogP contribution in [0.15, 0.2) is 48.5 Å². The Balaban J connectivity index is 1.88. The van der Waals surface area contributed by atoms with E-state index in [0.717, 1.165) is 12.0 Å². The van der Waals surface area contributed by atoms with Crippen LogP contribution in [-0.4, -0.2) is 35.4 Å². The van der Waals surface area contributed by atoms with Gasteiger partial charge in [-0.15, -0.1) is 0 Å². The first-order valence-electron chi connectivity index (χ1n) is 8.45. The zero-order valence-corrected chi connectivity index (χ0v) is 14.1. The first-order valence-corrected chi connectivity index (χ1v) is 8.45. The van der Waals surface area contributed by atoms with Gasteiger partial charge in [-0.25, -0.2) is 0 Å². The van der Waals surface area contributed by atoms with Crippen molar-refractivity contribution < 1.29 is 9.72 Å². The van der Waals surface area contributed by atoms with Gasteiger partial charge in [0, 0.05) is 37.3 Å². The number of hydrogen-bond acceptors (Lipinski definition) is 4. The fourth-order valence-electron chi connectivity index (χ4n) is 3.14. The van der Waals surface area contributed by atoms with Crippen LogP contribution in [0.1, 0.15) is 34.5 Å². The van der Waals surface area contributed by atoms with Crippen LogP contribution >= 0.6 is 0 Å². The first kappa shape index (κ1) is 17.1. The van der Waals surface area contributed by atoms with Gasteiger partial charge >= 0.3 is 0 Å². The fraction of sp³-hybridized carbons (Fsp3) is 0.316. The molecule has 1 aliphatic heterocycles. The van der Waals surface area contributed by atoms with E-state index >= 15 is 0 Å². The van der Waals surface area contributed by atoms with Crippen molar-refractivity contribution in [2.45, 2.75) is 19.4 Å². The molecule has 25 heavy (non-hydrogen) atoms. The highest BCUT2D eigenvalue weighted by Gasteiger charge is 2.29. The highest BCUT2D eigenvalue weighted by Crippen LogP contribution is 2.25. The van der Waals surface area contributed by atoms with E-state index in [1.54, 1.807) is 17.0 Å². The summed E-state index contributed by atoms with van der Waals surface area (Å²) in [4.78, 5) is 25.3. The normalized spacial score (nSPS) is 17.3. The molecule has 3 rings (SSSR count). The molecule has 1 saturated heterocycles. The number of carbonyl (C=O) groups is 1. The lowest BCUT2D eigenvalue weighted by molar-refractivity contribution is -0.384. The molecule has 6 nitrogen and oxygen atoms in total. The van der Waals surface area contributed by atoms with Gasteiger partial charge in [0.1, 0.15) is 0 Å². The van der Waals surface area contributed by atoms with Crippen molar-refractivity contribution >= 4 is 11.6 Å². The Morgan fingerprint density at radius 3 is 2.72 bits per heavy atom. The van der Waals surface area contributed by atoms with E-state index in [2.05, 4.69) is 36.5 Å². The lowest BCUT2D eigenvalue weighted by atomic mass is 10.00. The summed E-state index contributed by atoms with van der Waals surface area (Å²) in [5, 5.41) is 14.3. The molecule has 1 atom stereocenters. The van der Waals surface area contributed by atoms with Crippen LogP contribution in [0, 0.1) is 10.1 Å². The third kappa shape index (κ3) is 3.69. The molecule has 0 radical (unpaired) electrons.